The zero-order valence-corrected chi connectivity index (χ0v) is 17.8. The van der Waals surface area contributed by atoms with Gasteiger partial charge in [-0.15, -0.1) is 0 Å². The van der Waals surface area contributed by atoms with Crippen LogP contribution in [-0.2, 0) is 11.4 Å². The van der Waals surface area contributed by atoms with E-state index in [0.717, 1.165) is 22.4 Å². The molecular weight excluding hydrogens is 388 g/mol. The molecular formula is C26H24N2O3. The lowest BCUT2D eigenvalue weighted by molar-refractivity contribution is -0.112. The molecule has 3 aromatic carbocycles. The predicted molar refractivity (Wildman–Crippen MR) is 122 cm³/mol. The van der Waals surface area contributed by atoms with Crippen LogP contribution in [0, 0.1) is 25.2 Å². The van der Waals surface area contributed by atoms with Crippen LogP contribution in [0.5, 0.6) is 11.5 Å². The Bertz CT molecular complexity index is 1120. The minimum atomic E-state index is -0.455. The average molecular weight is 412 g/mol. The topological polar surface area (TPSA) is 71.3 Å². The number of nitrogens with zero attached hydrogens (tertiary/aromatic N) is 1. The molecule has 0 aliphatic heterocycles. The van der Waals surface area contributed by atoms with E-state index in [9.17, 15) is 10.1 Å². The zero-order valence-electron chi connectivity index (χ0n) is 17.8. The smallest absolute Gasteiger partial charge is 0.266 e. The highest BCUT2D eigenvalue weighted by Gasteiger charge is 2.13. The first kappa shape index (κ1) is 21.7. The van der Waals surface area contributed by atoms with Crippen molar-refractivity contribution >= 4 is 17.7 Å². The molecule has 0 aliphatic carbocycles. The molecule has 1 amide bonds. The van der Waals surface area contributed by atoms with Crippen LogP contribution in [0.2, 0.25) is 0 Å². The largest absolute Gasteiger partial charge is 0.493 e. The van der Waals surface area contributed by atoms with Crippen LogP contribution in [-0.4, -0.2) is 13.0 Å². The van der Waals surface area contributed by atoms with Crippen LogP contribution in [0.3, 0.4) is 0 Å². The fraction of sp³-hybridized carbons (Fsp3) is 0.154. The summed E-state index contributed by atoms with van der Waals surface area (Å²) < 4.78 is 11.3. The fourth-order valence-electron chi connectivity index (χ4n) is 3.14. The van der Waals surface area contributed by atoms with Crippen LogP contribution < -0.4 is 14.8 Å². The molecule has 0 atom stereocenters. The Hall–Kier alpha value is -4.04. The molecule has 1 N–H and O–H groups in total. The number of benzene rings is 3. The number of nitriles is 1. The minimum absolute atomic E-state index is 0.00246. The standard InChI is InChI=1S/C26H24N2O3/c1-18-8-7-9-19(2)25(18)28-26(29)22(16-27)14-21-12-13-23(24(15-21)30-3)31-17-20-10-5-4-6-11-20/h4-15H,17H2,1-3H3,(H,28,29). The Kier molecular flexibility index (Phi) is 7.08. The van der Waals surface area contributed by atoms with Gasteiger partial charge in [0.05, 0.1) is 7.11 Å². The first-order valence-corrected chi connectivity index (χ1v) is 9.86. The summed E-state index contributed by atoms with van der Waals surface area (Å²) in [6.45, 7) is 4.24. The lowest BCUT2D eigenvalue weighted by atomic mass is 10.1. The van der Waals surface area contributed by atoms with E-state index in [1.165, 1.54) is 6.08 Å². The molecule has 0 aromatic heterocycles. The van der Waals surface area contributed by atoms with Crippen molar-refractivity contribution in [2.45, 2.75) is 20.5 Å². The highest BCUT2D eigenvalue weighted by atomic mass is 16.5. The van der Waals surface area contributed by atoms with E-state index in [0.29, 0.717) is 23.7 Å². The molecule has 0 heterocycles. The number of ether oxygens (including phenoxy) is 2. The number of rotatable bonds is 7. The Morgan fingerprint density at radius 2 is 1.71 bits per heavy atom. The summed E-state index contributed by atoms with van der Waals surface area (Å²) in [5.74, 6) is 0.655. The number of para-hydroxylation sites is 1. The average Bonchev–Trinajstić information content (AvgIpc) is 2.79. The van der Waals surface area contributed by atoms with E-state index in [2.05, 4.69) is 5.32 Å². The monoisotopic (exact) mass is 412 g/mol. The molecule has 3 aromatic rings. The van der Waals surface area contributed by atoms with Gasteiger partial charge < -0.3 is 14.8 Å². The number of carbonyl (C=O) groups excluding carboxylic acids is 1. The third kappa shape index (κ3) is 5.52. The van der Waals surface area contributed by atoms with Crippen molar-refractivity contribution in [1.29, 1.82) is 5.26 Å². The summed E-state index contributed by atoms with van der Waals surface area (Å²) in [7, 11) is 1.55. The summed E-state index contributed by atoms with van der Waals surface area (Å²) in [5, 5.41) is 12.4. The number of aryl methyl sites for hydroxylation is 2. The maximum absolute atomic E-state index is 12.7. The summed E-state index contributed by atoms with van der Waals surface area (Å²) in [5.41, 5.74) is 4.30. The molecule has 5 nitrogen and oxygen atoms in total. The maximum atomic E-state index is 12.7. The number of nitrogens with one attached hydrogen (secondary N) is 1. The second-order valence-electron chi connectivity index (χ2n) is 7.08. The fourth-order valence-corrected chi connectivity index (χ4v) is 3.14. The van der Waals surface area contributed by atoms with Gasteiger partial charge in [-0.2, -0.15) is 5.26 Å². The number of hydrogen-bond acceptors (Lipinski definition) is 4. The van der Waals surface area contributed by atoms with Gasteiger partial charge in [0, 0.05) is 5.69 Å². The Labute approximate surface area is 182 Å². The van der Waals surface area contributed by atoms with Gasteiger partial charge >= 0.3 is 0 Å². The van der Waals surface area contributed by atoms with Gasteiger partial charge in [0.15, 0.2) is 11.5 Å². The quantitative estimate of drug-likeness (QED) is 0.414. The van der Waals surface area contributed by atoms with Crippen LogP contribution >= 0.6 is 0 Å². The van der Waals surface area contributed by atoms with Crippen molar-refractivity contribution in [2.75, 3.05) is 12.4 Å². The summed E-state index contributed by atoms with van der Waals surface area (Å²) in [4.78, 5) is 12.7. The molecule has 0 fully saturated rings. The normalized spacial score (nSPS) is 10.8. The van der Waals surface area contributed by atoms with E-state index in [4.69, 9.17) is 9.47 Å². The number of anilines is 1. The van der Waals surface area contributed by atoms with Crippen molar-refractivity contribution in [2.24, 2.45) is 0 Å². The van der Waals surface area contributed by atoms with E-state index in [-0.39, 0.29) is 5.57 Å². The maximum Gasteiger partial charge on any atom is 0.266 e. The first-order valence-electron chi connectivity index (χ1n) is 9.86. The second kappa shape index (κ2) is 10.1. The van der Waals surface area contributed by atoms with E-state index in [1.807, 2.05) is 68.4 Å². The highest BCUT2D eigenvalue weighted by Crippen LogP contribution is 2.30. The third-order valence-electron chi connectivity index (χ3n) is 4.82. The van der Waals surface area contributed by atoms with Crippen molar-refractivity contribution in [3.8, 4) is 17.6 Å². The molecule has 0 unspecified atom stereocenters. The second-order valence-corrected chi connectivity index (χ2v) is 7.08. The van der Waals surface area contributed by atoms with Gasteiger partial charge in [0.1, 0.15) is 18.2 Å². The molecule has 0 spiro atoms. The summed E-state index contributed by atoms with van der Waals surface area (Å²) >= 11 is 0. The molecule has 156 valence electrons. The first-order chi connectivity index (χ1) is 15.0. The molecule has 0 saturated heterocycles. The Morgan fingerprint density at radius 3 is 2.35 bits per heavy atom. The van der Waals surface area contributed by atoms with Gasteiger partial charge in [0.2, 0.25) is 0 Å². The Balaban J connectivity index is 1.78. The number of hydrogen-bond donors (Lipinski definition) is 1. The molecule has 3 rings (SSSR count). The van der Waals surface area contributed by atoms with Gasteiger partial charge in [-0.3, -0.25) is 4.79 Å². The lowest BCUT2D eigenvalue weighted by Crippen LogP contribution is -2.15. The lowest BCUT2D eigenvalue weighted by Gasteiger charge is -2.12. The summed E-state index contributed by atoms with van der Waals surface area (Å²) in [6, 6.07) is 22.9. The van der Waals surface area contributed by atoms with Crippen molar-refractivity contribution in [1.82, 2.24) is 0 Å². The molecule has 0 radical (unpaired) electrons. The number of carbonyl (C=O) groups is 1. The third-order valence-corrected chi connectivity index (χ3v) is 4.82. The van der Waals surface area contributed by atoms with Crippen molar-refractivity contribution in [3.63, 3.8) is 0 Å². The van der Waals surface area contributed by atoms with Gasteiger partial charge in [0.25, 0.3) is 5.91 Å². The number of methoxy groups -OCH3 is 1. The highest BCUT2D eigenvalue weighted by molar-refractivity contribution is 6.10. The minimum Gasteiger partial charge on any atom is -0.493 e. The SMILES string of the molecule is COc1cc(C=C(C#N)C(=O)Nc2c(C)cccc2C)ccc1OCc1ccccc1. The van der Waals surface area contributed by atoms with Gasteiger partial charge in [-0.05, 0) is 54.3 Å². The molecule has 5 heteroatoms. The van der Waals surface area contributed by atoms with Crippen LogP contribution in [0.4, 0.5) is 5.69 Å². The number of amides is 1. The van der Waals surface area contributed by atoms with E-state index >= 15 is 0 Å². The van der Waals surface area contributed by atoms with Crippen molar-refractivity contribution < 1.29 is 14.3 Å². The molecule has 0 bridgehead atoms. The van der Waals surface area contributed by atoms with Gasteiger partial charge in [-0.1, -0.05) is 54.6 Å². The molecule has 0 saturated carbocycles. The Morgan fingerprint density at radius 1 is 1.00 bits per heavy atom. The van der Waals surface area contributed by atoms with E-state index in [1.54, 1.807) is 25.3 Å². The van der Waals surface area contributed by atoms with Crippen molar-refractivity contribution in [3.05, 3.63) is 94.6 Å². The van der Waals surface area contributed by atoms with Crippen LogP contribution in [0.15, 0.2) is 72.3 Å². The molecule has 0 aliphatic rings. The predicted octanol–water partition coefficient (Wildman–Crippen LogP) is 5.44. The van der Waals surface area contributed by atoms with Crippen LogP contribution in [0.1, 0.15) is 22.3 Å². The zero-order chi connectivity index (χ0) is 22.2. The van der Waals surface area contributed by atoms with Crippen LogP contribution in [0.25, 0.3) is 6.08 Å². The van der Waals surface area contributed by atoms with Gasteiger partial charge in [-0.25, -0.2) is 0 Å². The summed E-state index contributed by atoms with van der Waals surface area (Å²) in [6.07, 6.45) is 1.53. The molecule has 31 heavy (non-hydrogen) atoms. The van der Waals surface area contributed by atoms with E-state index < -0.39 is 5.91 Å².